The summed E-state index contributed by atoms with van der Waals surface area (Å²) in [6.45, 7) is 3.74. The number of carbonyl (C=O) groups excluding carboxylic acids is 2. The maximum atomic E-state index is 12.3. The highest BCUT2D eigenvalue weighted by molar-refractivity contribution is 6.00. The summed E-state index contributed by atoms with van der Waals surface area (Å²) in [7, 11) is 3.01. The largest absolute Gasteiger partial charge is 0.497 e. The SMILES string of the molecule is CCc1ccc(NC(=O)C=C(C)NNC(=O)c2ccc(OC)cc2OC)cc1. The van der Waals surface area contributed by atoms with Gasteiger partial charge in [-0.3, -0.25) is 15.0 Å². The molecule has 0 spiro atoms. The summed E-state index contributed by atoms with van der Waals surface area (Å²) in [5, 5.41) is 2.77. The number of anilines is 1. The first kappa shape index (κ1) is 20.8. The molecule has 2 aromatic rings. The van der Waals surface area contributed by atoms with E-state index in [4.69, 9.17) is 9.47 Å². The molecule has 0 fully saturated rings. The first-order chi connectivity index (χ1) is 13.5. The van der Waals surface area contributed by atoms with Crippen LogP contribution in [0.1, 0.15) is 29.8 Å². The van der Waals surface area contributed by atoms with Crippen LogP contribution in [-0.2, 0) is 11.2 Å². The van der Waals surface area contributed by atoms with Crippen molar-refractivity contribution in [2.24, 2.45) is 0 Å². The monoisotopic (exact) mass is 383 g/mol. The van der Waals surface area contributed by atoms with Crippen LogP contribution in [0.25, 0.3) is 0 Å². The Morgan fingerprint density at radius 1 is 1.00 bits per heavy atom. The second kappa shape index (κ2) is 10.0. The number of hydrazine groups is 1. The zero-order valence-corrected chi connectivity index (χ0v) is 16.5. The summed E-state index contributed by atoms with van der Waals surface area (Å²) < 4.78 is 10.3. The van der Waals surface area contributed by atoms with Gasteiger partial charge in [0.05, 0.1) is 19.8 Å². The molecule has 0 aromatic heterocycles. The molecule has 0 aliphatic rings. The van der Waals surface area contributed by atoms with Crippen LogP contribution in [0.3, 0.4) is 0 Å². The second-order valence-corrected chi connectivity index (χ2v) is 6.01. The third-order valence-corrected chi connectivity index (χ3v) is 4.00. The quantitative estimate of drug-likeness (QED) is 0.482. The summed E-state index contributed by atoms with van der Waals surface area (Å²) >= 11 is 0. The van der Waals surface area contributed by atoms with E-state index in [-0.39, 0.29) is 5.91 Å². The van der Waals surface area contributed by atoms with Crippen molar-refractivity contribution in [1.82, 2.24) is 10.9 Å². The number of rotatable bonds is 8. The highest BCUT2D eigenvalue weighted by atomic mass is 16.5. The van der Waals surface area contributed by atoms with Crippen LogP contribution in [0.5, 0.6) is 11.5 Å². The fraction of sp³-hybridized carbons (Fsp3) is 0.238. The highest BCUT2D eigenvalue weighted by Crippen LogP contribution is 2.24. The zero-order chi connectivity index (χ0) is 20.5. The van der Waals surface area contributed by atoms with Crippen molar-refractivity contribution in [3.63, 3.8) is 0 Å². The van der Waals surface area contributed by atoms with Crippen molar-refractivity contribution in [3.05, 3.63) is 65.4 Å². The molecule has 0 aliphatic heterocycles. The van der Waals surface area contributed by atoms with Crippen LogP contribution < -0.4 is 25.6 Å². The number of aryl methyl sites for hydroxylation is 1. The average molecular weight is 383 g/mol. The van der Waals surface area contributed by atoms with Crippen LogP contribution in [0, 0.1) is 0 Å². The number of methoxy groups -OCH3 is 2. The Hall–Kier alpha value is -3.48. The molecule has 0 bridgehead atoms. The van der Waals surface area contributed by atoms with E-state index < -0.39 is 5.91 Å². The number of hydrogen-bond donors (Lipinski definition) is 3. The molecule has 0 radical (unpaired) electrons. The summed E-state index contributed by atoms with van der Waals surface area (Å²) in [5.74, 6) is 0.267. The number of nitrogens with one attached hydrogen (secondary N) is 3. The molecule has 0 saturated heterocycles. The Bertz CT molecular complexity index is 860. The van der Waals surface area contributed by atoms with Crippen LogP contribution in [0.15, 0.2) is 54.2 Å². The maximum Gasteiger partial charge on any atom is 0.273 e. The van der Waals surface area contributed by atoms with E-state index in [1.54, 1.807) is 25.1 Å². The number of carbonyl (C=O) groups is 2. The lowest BCUT2D eigenvalue weighted by Gasteiger charge is -2.12. The number of hydrogen-bond acceptors (Lipinski definition) is 5. The summed E-state index contributed by atoms with van der Waals surface area (Å²) in [6.07, 6.45) is 2.30. The Labute approximate surface area is 164 Å². The molecule has 7 nitrogen and oxygen atoms in total. The van der Waals surface area contributed by atoms with Crippen LogP contribution >= 0.6 is 0 Å². The van der Waals surface area contributed by atoms with Gasteiger partial charge >= 0.3 is 0 Å². The molecule has 2 aromatic carbocycles. The van der Waals surface area contributed by atoms with Crippen molar-refractivity contribution in [1.29, 1.82) is 0 Å². The fourth-order valence-electron chi connectivity index (χ4n) is 2.44. The van der Waals surface area contributed by atoms with Gasteiger partial charge in [0.1, 0.15) is 11.5 Å². The topological polar surface area (TPSA) is 88.7 Å². The van der Waals surface area contributed by atoms with Crippen molar-refractivity contribution < 1.29 is 19.1 Å². The number of ether oxygens (including phenoxy) is 2. The van der Waals surface area contributed by atoms with E-state index in [0.717, 1.165) is 6.42 Å². The molecule has 2 amide bonds. The van der Waals surface area contributed by atoms with Gasteiger partial charge in [0.15, 0.2) is 0 Å². The van der Waals surface area contributed by atoms with E-state index >= 15 is 0 Å². The van der Waals surface area contributed by atoms with E-state index in [0.29, 0.717) is 28.4 Å². The molecule has 0 heterocycles. The van der Waals surface area contributed by atoms with Crippen LogP contribution in [0.4, 0.5) is 5.69 Å². The molecule has 3 N–H and O–H groups in total. The smallest absolute Gasteiger partial charge is 0.273 e. The van der Waals surface area contributed by atoms with Gasteiger partial charge < -0.3 is 20.2 Å². The van der Waals surface area contributed by atoms with Gasteiger partial charge in [-0.25, -0.2) is 0 Å². The highest BCUT2D eigenvalue weighted by Gasteiger charge is 2.13. The maximum absolute atomic E-state index is 12.3. The van der Waals surface area contributed by atoms with Crippen molar-refractivity contribution in [3.8, 4) is 11.5 Å². The Morgan fingerprint density at radius 2 is 1.71 bits per heavy atom. The van der Waals surface area contributed by atoms with Gasteiger partial charge in [0, 0.05) is 23.5 Å². The zero-order valence-electron chi connectivity index (χ0n) is 16.5. The van der Waals surface area contributed by atoms with E-state index in [2.05, 4.69) is 23.1 Å². The first-order valence-corrected chi connectivity index (χ1v) is 8.83. The normalized spacial score (nSPS) is 10.8. The third kappa shape index (κ3) is 5.77. The van der Waals surface area contributed by atoms with Gasteiger partial charge in [-0.15, -0.1) is 0 Å². The number of benzene rings is 2. The number of allylic oxidation sites excluding steroid dienone is 1. The van der Waals surface area contributed by atoms with E-state index in [1.165, 1.54) is 25.9 Å². The summed E-state index contributed by atoms with van der Waals surface area (Å²) in [5.41, 5.74) is 7.96. The summed E-state index contributed by atoms with van der Waals surface area (Å²) in [6, 6.07) is 12.5. The molecule has 2 rings (SSSR count). The fourth-order valence-corrected chi connectivity index (χ4v) is 2.44. The summed E-state index contributed by atoms with van der Waals surface area (Å²) in [4.78, 5) is 24.4. The Kier molecular flexibility index (Phi) is 7.45. The van der Waals surface area contributed by atoms with E-state index in [9.17, 15) is 9.59 Å². The molecule has 0 saturated carbocycles. The van der Waals surface area contributed by atoms with Gasteiger partial charge in [-0.05, 0) is 43.2 Å². The lowest BCUT2D eigenvalue weighted by Crippen LogP contribution is -2.36. The lowest BCUT2D eigenvalue weighted by molar-refractivity contribution is -0.112. The van der Waals surface area contributed by atoms with Crippen molar-refractivity contribution in [2.45, 2.75) is 20.3 Å². The second-order valence-electron chi connectivity index (χ2n) is 6.01. The molecule has 148 valence electrons. The Balaban J connectivity index is 1.93. The standard InChI is InChI=1S/C21H25N3O4/c1-5-15-6-8-16(9-7-15)22-20(25)12-14(2)23-24-21(26)18-11-10-17(27-3)13-19(18)28-4/h6-13,23H,5H2,1-4H3,(H,22,25)(H,24,26). The van der Waals surface area contributed by atoms with Crippen LogP contribution in [-0.4, -0.2) is 26.0 Å². The molecule has 0 atom stereocenters. The third-order valence-electron chi connectivity index (χ3n) is 4.00. The minimum absolute atomic E-state index is 0.300. The minimum atomic E-state index is -0.400. The first-order valence-electron chi connectivity index (χ1n) is 8.83. The van der Waals surface area contributed by atoms with Gasteiger partial charge in [-0.2, -0.15) is 0 Å². The average Bonchev–Trinajstić information content (AvgIpc) is 2.71. The lowest BCUT2D eigenvalue weighted by atomic mass is 10.1. The predicted octanol–water partition coefficient (Wildman–Crippen LogP) is 3.04. The van der Waals surface area contributed by atoms with Gasteiger partial charge in [-0.1, -0.05) is 19.1 Å². The molecule has 7 heteroatoms. The predicted molar refractivity (Wildman–Crippen MR) is 108 cm³/mol. The molecular weight excluding hydrogens is 358 g/mol. The molecule has 0 unspecified atom stereocenters. The number of amides is 2. The molecule has 28 heavy (non-hydrogen) atoms. The van der Waals surface area contributed by atoms with Gasteiger partial charge in [0.25, 0.3) is 5.91 Å². The minimum Gasteiger partial charge on any atom is -0.497 e. The van der Waals surface area contributed by atoms with Crippen LogP contribution in [0.2, 0.25) is 0 Å². The van der Waals surface area contributed by atoms with E-state index in [1.807, 2.05) is 24.3 Å². The van der Waals surface area contributed by atoms with Crippen molar-refractivity contribution >= 4 is 17.5 Å². The Morgan fingerprint density at radius 3 is 2.32 bits per heavy atom. The van der Waals surface area contributed by atoms with Gasteiger partial charge in [0.2, 0.25) is 5.91 Å². The molecular formula is C21H25N3O4. The van der Waals surface area contributed by atoms with Crippen molar-refractivity contribution in [2.75, 3.05) is 19.5 Å². The molecule has 0 aliphatic carbocycles.